The topological polar surface area (TPSA) is 145 Å². The largest absolute Gasteiger partial charge is 0.398 e. The number of nitrogens with zero attached hydrogens (tertiary/aromatic N) is 1. The lowest BCUT2D eigenvalue weighted by molar-refractivity contribution is -0.127. The van der Waals surface area contributed by atoms with Crippen molar-refractivity contribution in [2.45, 2.75) is 57.2 Å². The van der Waals surface area contributed by atoms with Gasteiger partial charge in [0.25, 0.3) is 5.91 Å². The van der Waals surface area contributed by atoms with Crippen molar-refractivity contribution in [3.8, 4) is 0 Å². The Balaban J connectivity index is 1.60. The highest BCUT2D eigenvalue weighted by Gasteiger charge is 2.49. The molecule has 2 aromatic carbocycles. The van der Waals surface area contributed by atoms with E-state index in [1.807, 2.05) is 19.1 Å². The summed E-state index contributed by atoms with van der Waals surface area (Å²) >= 11 is 1.23. The molecule has 39 heavy (non-hydrogen) atoms. The molecule has 3 atom stereocenters. The number of likely N-dealkylation sites (tertiary alicyclic amines) is 1. The standard InChI is InChI=1S/C30H35N5O3S/c1-5-22(36)35-12-6-7-18(14-35)34-29(38)27-24-23-20(10-11-21(31)26(23)39-27)30(33,28(37)25(24)32)19-9-8-17(15(2)3)13-16(19)4/h5,8-11,13,15,18,25H,1,6-7,12,14,31-33H2,2-4H3,(H,34,38). The van der Waals surface area contributed by atoms with Gasteiger partial charge in [0, 0.05) is 35.8 Å². The number of amides is 2. The minimum Gasteiger partial charge on any atom is -0.398 e. The number of aryl methyl sites for hydroxylation is 1. The van der Waals surface area contributed by atoms with Crippen molar-refractivity contribution in [2.75, 3.05) is 18.8 Å². The van der Waals surface area contributed by atoms with E-state index in [2.05, 4.69) is 31.8 Å². The highest BCUT2D eigenvalue weighted by molar-refractivity contribution is 7.21. The number of rotatable bonds is 5. The highest BCUT2D eigenvalue weighted by atomic mass is 32.1. The van der Waals surface area contributed by atoms with Crippen LogP contribution in [0.1, 0.15) is 76.1 Å². The summed E-state index contributed by atoms with van der Waals surface area (Å²) in [5, 5.41) is 3.74. The van der Waals surface area contributed by atoms with Crippen molar-refractivity contribution in [2.24, 2.45) is 11.5 Å². The minimum atomic E-state index is -1.48. The SMILES string of the molecule is C=CC(=O)N1CCCC(NC(=O)c2sc3c(N)ccc4c3c2C(N)C(=O)C4(N)c2ccc(C(C)C)cc2C)C1. The minimum absolute atomic E-state index is 0.160. The van der Waals surface area contributed by atoms with Crippen LogP contribution in [0.25, 0.3) is 10.1 Å². The Morgan fingerprint density at radius 3 is 2.62 bits per heavy atom. The predicted molar refractivity (Wildman–Crippen MR) is 156 cm³/mol. The number of anilines is 1. The summed E-state index contributed by atoms with van der Waals surface area (Å²) in [7, 11) is 0. The number of nitrogens with two attached hydrogens (primary N) is 3. The normalized spacial score (nSPS) is 22.8. The molecule has 2 aliphatic rings. The summed E-state index contributed by atoms with van der Waals surface area (Å²) in [5.74, 6) is -0.532. The van der Waals surface area contributed by atoms with E-state index in [4.69, 9.17) is 17.2 Å². The second-order valence-electron chi connectivity index (χ2n) is 10.9. The van der Waals surface area contributed by atoms with Gasteiger partial charge in [0.15, 0.2) is 5.78 Å². The number of thiophene rings is 1. The second-order valence-corrected chi connectivity index (χ2v) is 12.0. The molecule has 1 aliphatic carbocycles. The van der Waals surface area contributed by atoms with Gasteiger partial charge in [0.05, 0.1) is 15.6 Å². The maximum absolute atomic E-state index is 14.1. The van der Waals surface area contributed by atoms with E-state index in [0.29, 0.717) is 56.3 Å². The molecule has 2 heterocycles. The van der Waals surface area contributed by atoms with Crippen LogP contribution in [0.2, 0.25) is 0 Å². The van der Waals surface area contributed by atoms with Gasteiger partial charge in [0.1, 0.15) is 5.54 Å². The Bertz CT molecular complexity index is 1530. The molecule has 1 aliphatic heterocycles. The van der Waals surface area contributed by atoms with Crippen molar-refractivity contribution in [3.05, 3.63) is 75.7 Å². The van der Waals surface area contributed by atoms with Crippen molar-refractivity contribution < 1.29 is 14.4 Å². The summed E-state index contributed by atoms with van der Waals surface area (Å²) in [5.41, 5.74) is 22.9. The van der Waals surface area contributed by atoms with Gasteiger partial charge < -0.3 is 27.4 Å². The van der Waals surface area contributed by atoms with Crippen molar-refractivity contribution in [1.82, 2.24) is 10.2 Å². The fourth-order valence-electron chi connectivity index (χ4n) is 5.99. The van der Waals surface area contributed by atoms with Crippen LogP contribution in [0, 0.1) is 6.92 Å². The maximum Gasteiger partial charge on any atom is 0.262 e. The van der Waals surface area contributed by atoms with Crippen LogP contribution in [0.4, 0.5) is 5.69 Å². The van der Waals surface area contributed by atoms with E-state index in [-0.39, 0.29) is 23.6 Å². The first-order valence-corrected chi connectivity index (χ1v) is 14.1. The third-order valence-corrected chi connectivity index (χ3v) is 9.36. The molecule has 1 saturated heterocycles. The fraction of sp³-hybridized carbons (Fsp3) is 0.367. The second kappa shape index (κ2) is 9.89. The summed E-state index contributed by atoms with van der Waals surface area (Å²) in [6, 6.07) is 8.18. The van der Waals surface area contributed by atoms with E-state index in [0.717, 1.165) is 24.0 Å². The molecule has 1 aromatic heterocycles. The van der Waals surface area contributed by atoms with Crippen LogP contribution < -0.4 is 22.5 Å². The number of hydrogen-bond acceptors (Lipinski definition) is 7. The zero-order chi connectivity index (χ0) is 28.2. The van der Waals surface area contributed by atoms with E-state index in [9.17, 15) is 14.4 Å². The zero-order valence-corrected chi connectivity index (χ0v) is 23.4. The number of benzene rings is 2. The molecule has 0 radical (unpaired) electrons. The first-order chi connectivity index (χ1) is 18.5. The molecule has 1 fully saturated rings. The number of piperidine rings is 1. The molecule has 8 nitrogen and oxygen atoms in total. The van der Waals surface area contributed by atoms with Gasteiger partial charge in [-0.2, -0.15) is 0 Å². The lowest BCUT2D eigenvalue weighted by Crippen LogP contribution is -2.53. The van der Waals surface area contributed by atoms with Crippen LogP contribution in [0.3, 0.4) is 0 Å². The molecule has 3 unspecified atom stereocenters. The van der Waals surface area contributed by atoms with Crippen molar-refractivity contribution in [3.63, 3.8) is 0 Å². The van der Waals surface area contributed by atoms with Gasteiger partial charge >= 0.3 is 0 Å². The summed E-state index contributed by atoms with van der Waals surface area (Å²) in [4.78, 5) is 41.8. The van der Waals surface area contributed by atoms with E-state index < -0.39 is 11.6 Å². The van der Waals surface area contributed by atoms with Gasteiger partial charge in [-0.05, 0) is 60.1 Å². The number of ketones is 1. The smallest absolute Gasteiger partial charge is 0.262 e. The van der Waals surface area contributed by atoms with Crippen LogP contribution in [0.15, 0.2) is 43.0 Å². The first-order valence-electron chi connectivity index (χ1n) is 13.3. The molecular formula is C30H35N5O3S. The molecule has 7 N–H and O–H groups in total. The number of carbonyl (C=O) groups excluding carboxylic acids is 3. The third-order valence-electron chi connectivity index (χ3n) is 8.10. The number of nitrogens with one attached hydrogen (secondary N) is 1. The average Bonchev–Trinajstić information content (AvgIpc) is 3.33. The molecule has 0 spiro atoms. The number of Topliss-reactive ketones (excluding diaryl/α,β-unsaturated/α-hetero) is 1. The van der Waals surface area contributed by atoms with Gasteiger partial charge in [-0.3, -0.25) is 14.4 Å². The summed E-state index contributed by atoms with van der Waals surface area (Å²) < 4.78 is 0.689. The van der Waals surface area contributed by atoms with E-state index in [1.165, 1.54) is 17.4 Å². The maximum atomic E-state index is 14.1. The first kappa shape index (κ1) is 27.1. The molecular weight excluding hydrogens is 510 g/mol. The molecule has 0 saturated carbocycles. The molecule has 5 rings (SSSR count). The Kier molecular flexibility index (Phi) is 6.86. The Morgan fingerprint density at radius 1 is 1.23 bits per heavy atom. The third kappa shape index (κ3) is 4.25. The number of hydrogen-bond donors (Lipinski definition) is 4. The van der Waals surface area contributed by atoms with Gasteiger partial charge in [-0.15, -0.1) is 11.3 Å². The number of nitrogen functional groups attached to an aromatic ring is 1. The molecule has 204 valence electrons. The Hall–Kier alpha value is -3.53. The van der Waals surface area contributed by atoms with Gasteiger partial charge in [0.2, 0.25) is 5.91 Å². The average molecular weight is 546 g/mol. The number of carbonyl (C=O) groups is 3. The van der Waals surface area contributed by atoms with Gasteiger partial charge in [-0.1, -0.05) is 44.7 Å². The Morgan fingerprint density at radius 2 is 1.95 bits per heavy atom. The van der Waals surface area contributed by atoms with Crippen LogP contribution in [-0.4, -0.2) is 41.6 Å². The Labute approximate surface area is 232 Å². The summed E-state index contributed by atoms with van der Waals surface area (Å²) in [6.45, 7) is 10.8. The summed E-state index contributed by atoms with van der Waals surface area (Å²) in [6.07, 6.45) is 2.79. The fourth-order valence-corrected chi connectivity index (χ4v) is 7.19. The molecule has 0 bridgehead atoms. The predicted octanol–water partition coefficient (Wildman–Crippen LogP) is 3.61. The highest BCUT2D eigenvalue weighted by Crippen LogP contribution is 2.50. The lowest BCUT2D eigenvalue weighted by atomic mass is 9.69. The molecule has 9 heteroatoms. The molecule has 2 amide bonds. The van der Waals surface area contributed by atoms with E-state index in [1.54, 1.807) is 17.0 Å². The monoisotopic (exact) mass is 545 g/mol. The van der Waals surface area contributed by atoms with Crippen LogP contribution in [0.5, 0.6) is 0 Å². The molecule has 3 aromatic rings. The van der Waals surface area contributed by atoms with Crippen molar-refractivity contribution in [1.29, 1.82) is 0 Å². The van der Waals surface area contributed by atoms with Crippen LogP contribution >= 0.6 is 11.3 Å². The quantitative estimate of drug-likeness (QED) is 0.285. The van der Waals surface area contributed by atoms with Crippen molar-refractivity contribution >= 4 is 44.7 Å². The zero-order valence-electron chi connectivity index (χ0n) is 22.5. The van der Waals surface area contributed by atoms with Crippen LogP contribution in [-0.2, 0) is 15.1 Å². The lowest BCUT2D eigenvalue weighted by Gasteiger charge is -2.37. The van der Waals surface area contributed by atoms with Gasteiger partial charge in [-0.25, -0.2) is 0 Å². The van der Waals surface area contributed by atoms with E-state index >= 15 is 0 Å².